The van der Waals surface area contributed by atoms with E-state index < -0.39 is 5.97 Å². The van der Waals surface area contributed by atoms with Crippen LogP contribution in [0.15, 0.2) is 53.1 Å². The van der Waals surface area contributed by atoms with E-state index in [9.17, 15) is 9.59 Å². The molecule has 1 aliphatic rings. The van der Waals surface area contributed by atoms with Gasteiger partial charge in [0.05, 0.1) is 18.4 Å². The minimum Gasteiger partial charge on any atom is -0.493 e. The molecule has 3 aromatic rings. The van der Waals surface area contributed by atoms with E-state index in [1.807, 2.05) is 12.1 Å². The largest absolute Gasteiger partial charge is 0.493 e. The molecule has 4 rings (SSSR count). The fraction of sp³-hybridized carbons (Fsp3) is 0.158. The van der Waals surface area contributed by atoms with Crippen molar-refractivity contribution >= 4 is 23.2 Å². The topological polar surface area (TPSA) is 76.7 Å². The van der Waals surface area contributed by atoms with Gasteiger partial charge < -0.3 is 19.1 Å². The Balaban J connectivity index is 0.000000141. The molecule has 0 radical (unpaired) electrons. The van der Waals surface area contributed by atoms with Crippen LogP contribution in [-0.2, 0) is 17.6 Å². The molecule has 122 valence electrons. The number of aromatic carboxylic acids is 1. The number of ether oxygens (including phenoxy) is 1. The average molecular weight is 324 g/mol. The first-order valence-corrected chi connectivity index (χ1v) is 7.56. The number of carboxylic acid groups (broad SMARTS) is 1. The lowest BCUT2D eigenvalue weighted by Crippen LogP contribution is -1.94. The van der Waals surface area contributed by atoms with Crippen LogP contribution in [-0.4, -0.2) is 24.0 Å². The minimum absolute atomic E-state index is 0.281. The number of fused-ring (bicyclic) bond motifs is 2. The van der Waals surface area contributed by atoms with E-state index in [-0.39, 0.29) is 5.56 Å². The first kappa shape index (κ1) is 15.8. The summed E-state index contributed by atoms with van der Waals surface area (Å²) in [5.74, 6) is 0.0581. The summed E-state index contributed by atoms with van der Waals surface area (Å²) in [5.41, 5.74) is 3.30. The number of carboxylic acids is 1. The predicted octanol–water partition coefficient (Wildman–Crippen LogP) is 3.49. The molecule has 0 atom stereocenters. The standard InChI is InChI=1S/C10H10O2.C9H6O3/c11-5-3-8-1-2-10-9(7-8)4-6-12-10;10-9(11)7-1-2-8-6(5-7)3-4-12-8/h1-2,5,7H,3-4,6H2;1-5H,(H,10,11). The van der Waals surface area contributed by atoms with E-state index in [1.165, 1.54) is 17.9 Å². The zero-order valence-electron chi connectivity index (χ0n) is 12.9. The Bertz CT molecular complexity index is 878. The smallest absolute Gasteiger partial charge is 0.335 e. The van der Waals surface area contributed by atoms with Crippen molar-refractivity contribution in [2.75, 3.05) is 6.61 Å². The summed E-state index contributed by atoms with van der Waals surface area (Å²) >= 11 is 0. The highest BCUT2D eigenvalue weighted by Crippen LogP contribution is 2.25. The van der Waals surface area contributed by atoms with Crippen LogP contribution in [0.3, 0.4) is 0 Å². The van der Waals surface area contributed by atoms with Crippen molar-refractivity contribution in [3.05, 3.63) is 65.4 Å². The molecule has 0 fully saturated rings. The molecule has 24 heavy (non-hydrogen) atoms. The lowest BCUT2D eigenvalue weighted by atomic mass is 10.1. The Morgan fingerprint density at radius 2 is 2.04 bits per heavy atom. The Hall–Kier alpha value is -3.08. The number of aldehydes is 1. The Labute approximate surface area is 138 Å². The third-order valence-electron chi connectivity index (χ3n) is 3.77. The van der Waals surface area contributed by atoms with Gasteiger partial charge in [-0.25, -0.2) is 4.79 Å². The maximum absolute atomic E-state index is 10.5. The number of furan rings is 1. The second-order valence-corrected chi connectivity index (χ2v) is 5.39. The summed E-state index contributed by atoms with van der Waals surface area (Å²) in [6.07, 6.45) is 3.95. The third kappa shape index (κ3) is 3.46. The Morgan fingerprint density at radius 3 is 2.83 bits per heavy atom. The maximum atomic E-state index is 10.5. The van der Waals surface area contributed by atoms with Crippen molar-refractivity contribution in [2.45, 2.75) is 12.8 Å². The van der Waals surface area contributed by atoms with Crippen molar-refractivity contribution in [3.63, 3.8) is 0 Å². The monoisotopic (exact) mass is 324 g/mol. The molecule has 0 saturated carbocycles. The average Bonchev–Trinajstić information content (AvgIpc) is 3.23. The van der Waals surface area contributed by atoms with Gasteiger partial charge in [-0.05, 0) is 41.5 Å². The van der Waals surface area contributed by atoms with Gasteiger partial charge in [-0.3, -0.25) is 0 Å². The van der Waals surface area contributed by atoms with Crippen molar-refractivity contribution in [1.82, 2.24) is 0 Å². The number of carbonyl (C=O) groups is 2. The van der Waals surface area contributed by atoms with Gasteiger partial charge >= 0.3 is 5.97 Å². The summed E-state index contributed by atoms with van der Waals surface area (Å²) in [6, 6.07) is 12.4. The quantitative estimate of drug-likeness (QED) is 0.746. The SMILES string of the molecule is O=C(O)c1ccc2occc2c1.O=CCc1ccc2c(c1)CCO2. The van der Waals surface area contributed by atoms with Gasteiger partial charge in [0.15, 0.2) is 0 Å². The minimum atomic E-state index is -0.918. The zero-order valence-corrected chi connectivity index (χ0v) is 12.9. The third-order valence-corrected chi connectivity index (χ3v) is 3.77. The number of benzene rings is 2. The van der Waals surface area contributed by atoms with Gasteiger partial charge in [-0.2, -0.15) is 0 Å². The van der Waals surface area contributed by atoms with Crippen LogP contribution in [0.25, 0.3) is 11.0 Å². The van der Waals surface area contributed by atoms with Crippen LogP contribution in [0.5, 0.6) is 5.75 Å². The maximum Gasteiger partial charge on any atom is 0.335 e. The van der Waals surface area contributed by atoms with E-state index in [1.54, 1.807) is 18.2 Å². The van der Waals surface area contributed by atoms with Crippen LogP contribution in [0.4, 0.5) is 0 Å². The highest BCUT2D eigenvalue weighted by atomic mass is 16.5. The summed E-state index contributed by atoms with van der Waals surface area (Å²) in [7, 11) is 0. The number of rotatable bonds is 3. The Morgan fingerprint density at radius 1 is 1.17 bits per heavy atom. The fourth-order valence-corrected chi connectivity index (χ4v) is 2.56. The van der Waals surface area contributed by atoms with Crippen LogP contribution in [0.1, 0.15) is 21.5 Å². The molecule has 1 aromatic heterocycles. The van der Waals surface area contributed by atoms with Crippen molar-refractivity contribution in [3.8, 4) is 5.75 Å². The molecule has 0 saturated heterocycles. The highest BCUT2D eigenvalue weighted by molar-refractivity contribution is 5.92. The zero-order chi connectivity index (χ0) is 16.9. The predicted molar refractivity (Wildman–Crippen MR) is 88.6 cm³/mol. The van der Waals surface area contributed by atoms with E-state index in [4.69, 9.17) is 14.3 Å². The van der Waals surface area contributed by atoms with Gasteiger partial charge in [0.25, 0.3) is 0 Å². The van der Waals surface area contributed by atoms with Crippen molar-refractivity contribution < 1.29 is 23.8 Å². The first-order valence-electron chi connectivity index (χ1n) is 7.56. The summed E-state index contributed by atoms with van der Waals surface area (Å²) in [4.78, 5) is 20.8. The van der Waals surface area contributed by atoms with E-state index in [0.29, 0.717) is 12.0 Å². The molecule has 2 heterocycles. The molecule has 0 spiro atoms. The first-order chi connectivity index (χ1) is 11.7. The van der Waals surface area contributed by atoms with Crippen molar-refractivity contribution in [1.29, 1.82) is 0 Å². The Kier molecular flexibility index (Phi) is 4.61. The van der Waals surface area contributed by atoms with Crippen LogP contribution in [0.2, 0.25) is 0 Å². The molecule has 1 N–H and O–H groups in total. The molecule has 0 amide bonds. The molecule has 0 unspecified atom stereocenters. The van der Waals surface area contributed by atoms with E-state index >= 15 is 0 Å². The highest BCUT2D eigenvalue weighted by Gasteiger charge is 2.11. The van der Waals surface area contributed by atoms with E-state index in [2.05, 4.69) is 6.07 Å². The molecule has 5 heteroatoms. The molecular formula is C19H16O5. The summed E-state index contributed by atoms with van der Waals surface area (Å²) in [5, 5.41) is 9.47. The van der Waals surface area contributed by atoms with Gasteiger partial charge in [-0.1, -0.05) is 12.1 Å². The number of hydrogen-bond acceptors (Lipinski definition) is 4. The molecule has 0 bridgehead atoms. The lowest BCUT2D eigenvalue weighted by Gasteiger charge is -1.99. The van der Waals surface area contributed by atoms with E-state index in [0.717, 1.165) is 36.0 Å². The van der Waals surface area contributed by atoms with Crippen LogP contribution >= 0.6 is 0 Å². The van der Waals surface area contributed by atoms with Gasteiger partial charge in [0.1, 0.15) is 17.6 Å². The molecule has 2 aromatic carbocycles. The van der Waals surface area contributed by atoms with Gasteiger partial charge in [-0.15, -0.1) is 0 Å². The fourth-order valence-electron chi connectivity index (χ4n) is 2.56. The second kappa shape index (κ2) is 7.00. The normalized spacial score (nSPS) is 12.0. The summed E-state index contributed by atoms with van der Waals surface area (Å²) in [6.45, 7) is 0.778. The second-order valence-electron chi connectivity index (χ2n) is 5.39. The molecule has 5 nitrogen and oxygen atoms in total. The van der Waals surface area contributed by atoms with Crippen LogP contribution < -0.4 is 4.74 Å². The number of carbonyl (C=O) groups excluding carboxylic acids is 1. The van der Waals surface area contributed by atoms with Crippen molar-refractivity contribution in [2.24, 2.45) is 0 Å². The molecular weight excluding hydrogens is 308 g/mol. The van der Waals surface area contributed by atoms with Gasteiger partial charge in [0, 0.05) is 18.2 Å². The summed E-state index contributed by atoms with van der Waals surface area (Å²) < 4.78 is 10.4. The molecule has 0 aliphatic carbocycles. The lowest BCUT2D eigenvalue weighted by molar-refractivity contribution is -0.107. The van der Waals surface area contributed by atoms with Gasteiger partial charge in [0.2, 0.25) is 0 Å². The number of hydrogen-bond donors (Lipinski definition) is 1. The molecule has 1 aliphatic heterocycles. The van der Waals surface area contributed by atoms with Crippen LogP contribution in [0, 0.1) is 0 Å².